The van der Waals surface area contributed by atoms with Gasteiger partial charge in [0.25, 0.3) is 0 Å². The second kappa shape index (κ2) is 9.86. The van der Waals surface area contributed by atoms with Crippen LogP contribution < -0.4 is 10.5 Å². The number of pyridine rings is 1. The predicted molar refractivity (Wildman–Crippen MR) is 111 cm³/mol. The number of nitrogens with two attached hydrogens (primary N) is 1. The maximum Gasteiger partial charge on any atom is 0.119 e. The summed E-state index contributed by atoms with van der Waals surface area (Å²) in [6, 6.07) is 12.4. The Hall–Kier alpha value is -1.91. The number of hydrogen-bond donors (Lipinski definition) is 1. The summed E-state index contributed by atoms with van der Waals surface area (Å²) in [7, 11) is 0. The largest absolute Gasteiger partial charge is 0.494 e. The highest BCUT2D eigenvalue weighted by Gasteiger charge is 2.25. The highest BCUT2D eigenvalue weighted by atomic mass is 16.5. The summed E-state index contributed by atoms with van der Waals surface area (Å²) < 4.78 is 5.93. The number of piperidine rings is 1. The van der Waals surface area contributed by atoms with Crippen LogP contribution in [0.3, 0.4) is 0 Å². The van der Waals surface area contributed by atoms with Gasteiger partial charge in [0.05, 0.1) is 6.61 Å². The second-order valence-electron chi connectivity index (χ2n) is 7.67. The van der Waals surface area contributed by atoms with Gasteiger partial charge < -0.3 is 15.4 Å². The molecule has 1 unspecified atom stereocenters. The highest BCUT2D eigenvalue weighted by Crippen LogP contribution is 2.27. The minimum absolute atomic E-state index is 0.361. The van der Waals surface area contributed by atoms with Gasteiger partial charge in [-0.15, -0.1) is 0 Å². The first-order valence-corrected chi connectivity index (χ1v) is 10.3. The quantitative estimate of drug-likeness (QED) is 0.677. The lowest BCUT2D eigenvalue weighted by molar-refractivity contribution is 0.205. The van der Waals surface area contributed by atoms with E-state index in [9.17, 15) is 0 Å². The first kappa shape index (κ1) is 19.8. The lowest BCUT2D eigenvalue weighted by atomic mass is 9.83. The minimum Gasteiger partial charge on any atom is -0.494 e. The molecule has 2 N–H and O–H groups in total. The van der Waals surface area contributed by atoms with E-state index in [1.54, 1.807) is 0 Å². The van der Waals surface area contributed by atoms with Crippen LogP contribution in [0.2, 0.25) is 0 Å². The van der Waals surface area contributed by atoms with Crippen molar-refractivity contribution in [2.24, 2.45) is 5.73 Å². The van der Waals surface area contributed by atoms with Gasteiger partial charge in [0.1, 0.15) is 5.75 Å². The minimum atomic E-state index is -0.361. The van der Waals surface area contributed by atoms with E-state index in [-0.39, 0.29) is 5.54 Å². The third-order valence-corrected chi connectivity index (χ3v) is 5.67. The molecule has 2 heterocycles. The third-order valence-electron chi connectivity index (χ3n) is 5.67. The highest BCUT2D eigenvalue weighted by molar-refractivity contribution is 5.31. The van der Waals surface area contributed by atoms with Crippen LogP contribution in [-0.2, 0) is 12.0 Å². The van der Waals surface area contributed by atoms with Crippen LogP contribution in [0.1, 0.15) is 50.2 Å². The van der Waals surface area contributed by atoms with E-state index in [2.05, 4.69) is 41.1 Å². The SMILES string of the molecule is CCC(N)(Cc1ccc(OCCCN2CCCCC2)cc1)c1ccncc1. The lowest BCUT2D eigenvalue weighted by Gasteiger charge is -2.29. The van der Waals surface area contributed by atoms with Gasteiger partial charge in [-0.3, -0.25) is 4.98 Å². The van der Waals surface area contributed by atoms with Crippen molar-refractivity contribution >= 4 is 0 Å². The number of ether oxygens (including phenoxy) is 1. The summed E-state index contributed by atoms with van der Waals surface area (Å²) in [5.41, 5.74) is 8.70. The Labute approximate surface area is 163 Å². The summed E-state index contributed by atoms with van der Waals surface area (Å²) in [5, 5.41) is 0. The van der Waals surface area contributed by atoms with E-state index >= 15 is 0 Å². The van der Waals surface area contributed by atoms with Gasteiger partial charge in [-0.25, -0.2) is 0 Å². The van der Waals surface area contributed by atoms with Crippen LogP contribution in [-0.4, -0.2) is 36.1 Å². The molecule has 0 amide bonds. The van der Waals surface area contributed by atoms with Gasteiger partial charge >= 0.3 is 0 Å². The fourth-order valence-corrected chi connectivity index (χ4v) is 3.84. The van der Waals surface area contributed by atoms with Crippen molar-refractivity contribution in [1.82, 2.24) is 9.88 Å². The van der Waals surface area contributed by atoms with Crippen LogP contribution in [0.15, 0.2) is 48.8 Å². The summed E-state index contributed by atoms with van der Waals surface area (Å²) in [6.07, 6.45) is 10.5. The molecule has 146 valence electrons. The molecule has 0 bridgehead atoms. The van der Waals surface area contributed by atoms with E-state index in [1.165, 1.54) is 37.9 Å². The molecule has 1 aliphatic heterocycles. The Kier molecular flexibility index (Phi) is 7.25. The number of hydrogen-bond acceptors (Lipinski definition) is 4. The van der Waals surface area contributed by atoms with Gasteiger partial charge in [0.2, 0.25) is 0 Å². The number of aromatic nitrogens is 1. The Morgan fingerprint density at radius 2 is 1.74 bits per heavy atom. The van der Waals surface area contributed by atoms with Gasteiger partial charge in [-0.05, 0) is 80.6 Å². The Morgan fingerprint density at radius 3 is 2.41 bits per heavy atom. The monoisotopic (exact) mass is 367 g/mol. The van der Waals surface area contributed by atoms with E-state index in [1.807, 2.05) is 24.5 Å². The molecular formula is C23H33N3O. The molecule has 1 saturated heterocycles. The van der Waals surface area contributed by atoms with Crippen LogP contribution in [0.5, 0.6) is 5.75 Å². The van der Waals surface area contributed by atoms with Crippen molar-refractivity contribution in [3.05, 3.63) is 59.9 Å². The second-order valence-corrected chi connectivity index (χ2v) is 7.67. The normalized spacial score (nSPS) is 17.4. The summed E-state index contributed by atoms with van der Waals surface area (Å²) >= 11 is 0. The number of nitrogens with zero attached hydrogens (tertiary/aromatic N) is 2. The van der Waals surface area contributed by atoms with Crippen molar-refractivity contribution in [3.63, 3.8) is 0 Å². The van der Waals surface area contributed by atoms with E-state index in [0.29, 0.717) is 0 Å². The molecule has 1 aromatic heterocycles. The molecule has 2 aromatic rings. The molecule has 0 spiro atoms. The third kappa shape index (κ3) is 5.78. The molecule has 4 nitrogen and oxygen atoms in total. The summed E-state index contributed by atoms with van der Waals surface area (Å²) in [6.45, 7) is 6.58. The Bertz CT molecular complexity index is 668. The van der Waals surface area contributed by atoms with E-state index < -0.39 is 0 Å². The smallest absolute Gasteiger partial charge is 0.119 e. The van der Waals surface area contributed by atoms with Crippen LogP contribution in [0.25, 0.3) is 0 Å². The molecule has 0 radical (unpaired) electrons. The van der Waals surface area contributed by atoms with Gasteiger partial charge in [0, 0.05) is 24.5 Å². The van der Waals surface area contributed by atoms with Crippen molar-refractivity contribution in [1.29, 1.82) is 0 Å². The van der Waals surface area contributed by atoms with E-state index in [0.717, 1.165) is 43.7 Å². The van der Waals surface area contributed by atoms with Crippen molar-refractivity contribution in [2.75, 3.05) is 26.2 Å². The molecule has 0 saturated carbocycles. The van der Waals surface area contributed by atoms with Gasteiger partial charge in [0.15, 0.2) is 0 Å². The van der Waals surface area contributed by atoms with Crippen molar-refractivity contribution in [3.8, 4) is 5.75 Å². The van der Waals surface area contributed by atoms with Crippen molar-refractivity contribution < 1.29 is 4.74 Å². The molecular weight excluding hydrogens is 334 g/mol. The maximum absolute atomic E-state index is 6.69. The fourth-order valence-electron chi connectivity index (χ4n) is 3.84. The maximum atomic E-state index is 6.69. The average Bonchev–Trinajstić information content (AvgIpc) is 2.74. The summed E-state index contributed by atoms with van der Waals surface area (Å²) in [4.78, 5) is 6.66. The molecule has 3 rings (SSSR count). The first-order chi connectivity index (χ1) is 13.2. The zero-order valence-electron chi connectivity index (χ0n) is 16.6. The van der Waals surface area contributed by atoms with Crippen molar-refractivity contribution in [2.45, 2.75) is 51.0 Å². The molecule has 0 aliphatic carbocycles. The average molecular weight is 368 g/mol. The molecule has 27 heavy (non-hydrogen) atoms. The summed E-state index contributed by atoms with van der Waals surface area (Å²) in [5.74, 6) is 0.945. The topological polar surface area (TPSA) is 51.4 Å². The fraction of sp³-hybridized carbons (Fsp3) is 0.522. The van der Waals surface area contributed by atoms with Gasteiger partial charge in [-0.1, -0.05) is 25.5 Å². The van der Waals surface area contributed by atoms with Crippen LogP contribution in [0.4, 0.5) is 0 Å². The number of rotatable bonds is 9. The zero-order chi connectivity index (χ0) is 19.0. The molecule has 1 atom stereocenters. The van der Waals surface area contributed by atoms with Gasteiger partial charge in [-0.2, -0.15) is 0 Å². The standard InChI is InChI=1S/C23H33N3O/c1-2-23(24,21-11-13-25-14-12-21)19-20-7-9-22(10-8-20)27-18-6-17-26-15-4-3-5-16-26/h7-14H,2-6,15-19,24H2,1H3. The Morgan fingerprint density at radius 1 is 1.04 bits per heavy atom. The lowest BCUT2D eigenvalue weighted by Crippen LogP contribution is -2.38. The van der Waals surface area contributed by atoms with E-state index in [4.69, 9.17) is 10.5 Å². The number of likely N-dealkylation sites (tertiary alicyclic amines) is 1. The Balaban J connectivity index is 1.48. The molecule has 4 heteroatoms. The zero-order valence-corrected chi connectivity index (χ0v) is 16.6. The molecule has 1 aromatic carbocycles. The molecule has 1 aliphatic rings. The predicted octanol–water partition coefficient (Wildman–Crippen LogP) is 4.14. The first-order valence-electron chi connectivity index (χ1n) is 10.3. The van der Waals surface area contributed by atoms with Crippen LogP contribution >= 0.6 is 0 Å². The number of benzene rings is 1. The molecule has 1 fully saturated rings. The van der Waals surface area contributed by atoms with Crippen LogP contribution in [0, 0.1) is 0 Å².